The minimum absolute atomic E-state index is 0.273. The summed E-state index contributed by atoms with van der Waals surface area (Å²) >= 11 is 3.29. The molecule has 2 aromatic rings. The van der Waals surface area contributed by atoms with E-state index in [0.717, 1.165) is 4.47 Å². The lowest BCUT2D eigenvalue weighted by molar-refractivity contribution is 0.480. The molecule has 0 heterocycles. The Labute approximate surface area is 95.6 Å². The average molecular weight is 266 g/mol. The van der Waals surface area contributed by atoms with Crippen molar-refractivity contribution < 1.29 is 9.13 Å². The van der Waals surface area contributed by atoms with Gasteiger partial charge in [-0.3, -0.25) is 0 Å². The first-order valence-electron chi connectivity index (χ1n) is 4.35. The van der Waals surface area contributed by atoms with Gasteiger partial charge in [0.05, 0.1) is 0 Å². The van der Waals surface area contributed by atoms with Crippen LogP contribution in [0.15, 0.2) is 46.9 Å². The van der Waals surface area contributed by atoms with E-state index in [9.17, 15) is 4.39 Å². The van der Waals surface area contributed by atoms with Crippen molar-refractivity contribution in [2.75, 3.05) is 0 Å². The summed E-state index contributed by atoms with van der Waals surface area (Å²) in [6, 6.07) is 14.2. The van der Waals surface area contributed by atoms with E-state index >= 15 is 0 Å². The summed E-state index contributed by atoms with van der Waals surface area (Å²) in [5, 5.41) is 0. The molecule has 2 aromatic carbocycles. The summed E-state index contributed by atoms with van der Waals surface area (Å²) in [6.45, 7) is 0. The Kier molecular flexibility index (Phi) is 3.02. The number of ether oxygens (including phenoxy) is 1. The van der Waals surface area contributed by atoms with Crippen molar-refractivity contribution in [3.8, 4) is 11.5 Å². The second kappa shape index (κ2) is 4.45. The first-order chi connectivity index (χ1) is 7.24. The van der Waals surface area contributed by atoms with Crippen LogP contribution in [-0.4, -0.2) is 0 Å². The second-order valence-electron chi connectivity index (χ2n) is 2.93. The molecule has 0 unspecified atom stereocenters. The molecule has 1 radical (unpaired) electrons. The van der Waals surface area contributed by atoms with Gasteiger partial charge in [-0.1, -0.05) is 15.9 Å². The Balaban J connectivity index is 2.18. The molecule has 0 spiro atoms. The summed E-state index contributed by atoms with van der Waals surface area (Å²) in [5.41, 5.74) is 0. The van der Waals surface area contributed by atoms with Crippen LogP contribution in [-0.2, 0) is 0 Å². The summed E-state index contributed by atoms with van der Waals surface area (Å²) in [4.78, 5) is 0. The van der Waals surface area contributed by atoms with E-state index in [-0.39, 0.29) is 5.82 Å². The van der Waals surface area contributed by atoms with Crippen molar-refractivity contribution in [2.24, 2.45) is 0 Å². The first kappa shape index (κ1) is 10.2. The molecule has 0 atom stereocenters. The van der Waals surface area contributed by atoms with Crippen molar-refractivity contribution in [1.29, 1.82) is 0 Å². The standard InChI is InChI=1S/C12H7BrFO/c13-9-2-1-3-12(8-9)15-11-6-4-10(14)5-7-11/h1,3-8H. The van der Waals surface area contributed by atoms with Gasteiger partial charge in [-0.15, -0.1) is 0 Å². The molecule has 0 N–H and O–H groups in total. The maximum atomic E-state index is 12.6. The highest BCUT2D eigenvalue weighted by atomic mass is 79.9. The van der Waals surface area contributed by atoms with Crippen LogP contribution in [0.25, 0.3) is 0 Å². The lowest BCUT2D eigenvalue weighted by Crippen LogP contribution is -1.84. The van der Waals surface area contributed by atoms with Gasteiger partial charge in [-0.2, -0.15) is 0 Å². The summed E-state index contributed by atoms with van der Waals surface area (Å²) < 4.78 is 18.9. The first-order valence-corrected chi connectivity index (χ1v) is 5.14. The highest BCUT2D eigenvalue weighted by Gasteiger charge is 1.98. The molecular formula is C12H7BrFO. The number of halogens is 2. The molecule has 3 heteroatoms. The van der Waals surface area contributed by atoms with Crippen LogP contribution >= 0.6 is 15.9 Å². The molecule has 0 bridgehead atoms. The fourth-order valence-corrected chi connectivity index (χ4v) is 1.48. The zero-order chi connectivity index (χ0) is 10.7. The van der Waals surface area contributed by atoms with E-state index in [2.05, 4.69) is 22.0 Å². The second-order valence-corrected chi connectivity index (χ2v) is 3.78. The van der Waals surface area contributed by atoms with E-state index in [1.807, 2.05) is 0 Å². The highest BCUT2D eigenvalue weighted by molar-refractivity contribution is 9.10. The van der Waals surface area contributed by atoms with Gasteiger partial charge in [0.1, 0.15) is 17.3 Å². The Bertz CT molecular complexity index is 453. The molecule has 0 aliphatic rings. The molecule has 0 amide bonds. The van der Waals surface area contributed by atoms with E-state index < -0.39 is 0 Å². The monoisotopic (exact) mass is 265 g/mol. The fourth-order valence-electron chi connectivity index (χ4n) is 1.12. The molecule has 75 valence electrons. The summed E-state index contributed by atoms with van der Waals surface area (Å²) in [7, 11) is 0. The summed E-state index contributed by atoms with van der Waals surface area (Å²) in [6.07, 6.45) is 0. The third-order valence-corrected chi connectivity index (χ3v) is 2.24. The van der Waals surface area contributed by atoms with Gasteiger partial charge in [0.2, 0.25) is 0 Å². The van der Waals surface area contributed by atoms with Crippen LogP contribution in [0.2, 0.25) is 0 Å². The van der Waals surface area contributed by atoms with Crippen molar-refractivity contribution in [2.45, 2.75) is 0 Å². The van der Waals surface area contributed by atoms with Gasteiger partial charge in [-0.25, -0.2) is 4.39 Å². The Morgan fingerprint density at radius 3 is 2.47 bits per heavy atom. The molecule has 0 aromatic heterocycles. The predicted octanol–water partition coefficient (Wildman–Crippen LogP) is 4.18. The molecule has 15 heavy (non-hydrogen) atoms. The minimum Gasteiger partial charge on any atom is -0.457 e. The highest BCUT2D eigenvalue weighted by Crippen LogP contribution is 2.23. The lowest BCUT2D eigenvalue weighted by atomic mass is 10.3. The topological polar surface area (TPSA) is 9.23 Å². The quantitative estimate of drug-likeness (QED) is 0.792. The zero-order valence-corrected chi connectivity index (χ0v) is 9.29. The Hall–Kier alpha value is -1.35. The summed E-state index contributed by atoms with van der Waals surface area (Å²) in [5.74, 6) is 1.02. The van der Waals surface area contributed by atoms with Gasteiger partial charge in [0.15, 0.2) is 0 Å². The third kappa shape index (κ3) is 2.80. The predicted molar refractivity (Wildman–Crippen MR) is 59.5 cm³/mol. The normalized spacial score (nSPS) is 10.0. The van der Waals surface area contributed by atoms with Crippen molar-refractivity contribution >= 4 is 15.9 Å². The van der Waals surface area contributed by atoms with Crippen molar-refractivity contribution in [3.05, 3.63) is 58.8 Å². The van der Waals surface area contributed by atoms with Gasteiger partial charge in [0, 0.05) is 4.47 Å². The van der Waals surface area contributed by atoms with Gasteiger partial charge in [-0.05, 0) is 48.5 Å². The fraction of sp³-hybridized carbons (Fsp3) is 0. The lowest BCUT2D eigenvalue weighted by Gasteiger charge is -2.05. The van der Waals surface area contributed by atoms with E-state index in [0.29, 0.717) is 11.5 Å². The smallest absolute Gasteiger partial charge is 0.128 e. The maximum absolute atomic E-state index is 12.6. The molecular weight excluding hydrogens is 259 g/mol. The SMILES string of the molecule is Fc1ccc(Oc2cc[c]c(Br)c2)cc1. The maximum Gasteiger partial charge on any atom is 0.128 e. The van der Waals surface area contributed by atoms with Crippen LogP contribution in [0.1, 0.15) is 0 Å². The zero-order valence-electron chi connectivity index (χ0n) is 7.71. The largest absolute Gasteiger partial charge is 0.457 e. The van der Waals surface area contributed by atoms with E-state index in [4.69, 9.17) is 4.74 Å². The van der Waals surface area contributed by atoms with Gasteiger partial charge >= 0.3 is 0 Å². The van der Waals surface area contributed by atoms with E-state index in [1.54, 1.807) is 30.3 Å². The van der Waals surface area contributed by atoms with Crippen LogP contribution in [0.5, 0.6) is 11.5 Å². The Morgan fingerprint density at radius 1 is 1.07 bits per heavy atom. The number of hydrogen-bond acceptors (Lipinski definition) is 1. The molecule has 0 fully saturated rings. The molecule has 2 rings (SSSR count). The van der Waals surface area contributed by atoms with Crippen LogP contribution in [0.3, 0.4) is 0 Å². The van der Waals surface area contributed by atoms with Gasteiger partial charge < -0.3 is 4.74 Å². The van der Waals surface area contributed by atoms with Crippen LogP contribution in [0, 0.1) is 11.9 Å². The molecule has 0 saturated heterocycles. The number of hydrogen-bond donors (Lipinski definition) is 0. The minimum atomic E-state index is -0.273. The Morgan fingerprint density at radius 2 is 1.80 bits per heavy atom. The van der Waals surface area contributed by atoms with Crippen molar-refractivity contribution in [1.82, 2.24) is 0 Å². The van der Waals surface area contributed by atoms with Gasteiger partial charge in [0.25, 0.3) is 0 Å². The van der Waals surface area contributed by atoms with Crippen molar-refractivity contribution in [3.63, 3.8) is 0 Å². The van der Waals surface area contributed by atoms with Crippen LogP contribution in [0.4, 0.5) is 4.39 Å². The molecule has 0 aliphatic heterocycles. The molecule has 0 aliphatic carbocycles. The van der Waals surface area contributed by atoms with Crippen LogP contribution < -0.4 is 4.74 Å². The average Bonchev–Trinajstić information content (AvgIpc) is 2.22. The molecule has 1 nitrogen and oxygen atoms in total. The third-order valence-electron chi connectivity index (χ3n) is 1.79. The van der Waals surface area contributed by atoms with E-state index in [1.165, 1.54) is 12.1 Å². The number of rotatable bonds is 2. The molecule has 0 saturated carbocycles. The number of benzene rings is 2.